The summed E-state index contributed by atoms with van der Waals surface area (Å²) in [5.74, 6) is 0.0633. The fourth-order valence-corrected chi connectivity index (χ4v) is 2.07. The topological polar surface area (TPSA) is 103 Å². The van der Waals surface area contributed by atoms with E-state index in [1.165, 1.54) is 19.2 Å². The van der Waals surface area contributed by atoms with Crippen LogP contribution in [-0.2, 0) is 9.53 Å². The number of benzene rings is 1. The fraction of sp³-hybridized carbons (Fsp3) is 0.462. The van der Waals surface area contributed by atoms with Gasteiger partial charge in [0.25, 0.3) is 5.69 Å². The average molecular weight is 295 g/mol. The molecule has 0 radical (unpaired) electrons. The van der Waals surface area contributed by atoms with Gasteiger partial charge in [-0.05, 0) is 12.1 Å². The van der Waals surface area contributed by atoms with Crippen LogP contribution in [0.3, 0.4) is 0 Å². The van der Waals surface area contributed by atoms with Gasteiger partial charge in [0.2, 0.25) is 5.91 Å². The highest BCUT2D eigenvalue weighted by Crippen LogP contribution is 2.29. The molecule has 1 aliphatic heterocycles. The molecule has 1 aliphatic rings. The van der Waals surface area contributed by atoms with Crippen LogP contribution in [0.5, 0.6) is 5.75 Å². The number of hydrogen-bond acceptors (Lipinski definition) is 6. The minimum absolute atomic E-state index is 0.0731. The van der Waals surface area contributed by atoms with Crippen molar-refractivity contribution in [1.29, 1.82) is 0 Å². The molecule has 1 atom stereocenters. The number of carbonyl (C=O) groups is 1. The first kappa shape index (κ1) is 15.2. The van der Waals surface area contributed by atoms with Gasteiger partial charge in [-0.15, -0.1) is 0 Å². The number of hydrogen-bond donors (Lipinski definition) is 2. The number of anilines is 1. The van der Waals surface area contributed by atoms with Crippen LogP contribution in [-0.4, -0.2) is 43.7 Å². The molecule has 114 valence electrons. The van der Waals surface area contributed by atoms with Crippen LogP contribution in [0.1, 0.15) is 6.42 Å². The smallest absolute Gasteiger partial charge is 0.296 e. The predicted molar refractivity (Wildman–Crippen MR) is 75.5 cm³/mol. The number of nitrogens with one attached hydrogen (secondary N) is 2. The Morgan fingerprint density at radius 1 is 1.62 bits per heavy atom. The standard InChI is InChI=1S/C13H17N3O5/c1-20-10-2-3-11(12(7-10)16(18)19)15-13(17)6-9-8-21-5-4-14-9/h2-3,7,9,14H,4-6,8H2,1H3,(H,15,17). The minimum Gasteiger partial charge on any atom is -0.496 e. The molecule has 0 aliphatic carbocycles. The molecular formula is C13H17N3O5. The molecular weight excluding hydrogens is 278 g/mol. The summed E-state index contributed by atoms with van der Waals surface area (Å²) in [5, 5.41) is 16.7. The van der Waals surface area contributed by atoms with E-state index in [1.807, 2.05) is 0 Å². The average Bonchev–Trinajstić information content (AvgIpc) is 2.48. The van der Waals surface area contributed by atoms with Crippen molar-refractivity contribution in [2.45, 2.75) is 12.5 Å². The Morgan fingerprint density at radius 2 is 2.43 bits per heavy atom. The summed E-state index contributed by atoms with van der Waals surface area (Å²) in [6.45, 7) is 1.78. The molecule has 1 aromatic carbocycles. The third-order valence-corrected chi connectivity index (χ3v) is 3.11. The summed E-state index contributed by atoms with van der Waals surface area (Å²) in [6, 6.07) is 4.22. The van der Waals surface area contributed by atoms with Gasteiger partial charge < -0.3 is 20.1 Å². The zero-order chi connectivity index (χ0) is 15.2. The number of nitro benzene ring substituents is 1. The summed E-state index contributed by atoms with van der Waals surface area (Å²) < 4.78 is 10.2. The van der Waals surface area contributed by atoms with Crippen LogP contribution in [0.2, 0.25) is 0 Å². The van der Waals surface area contributed by atoms with Gasteiger partial charge in [0.05, 0.1) is 31.3 Å². The molecule has 21 heavy (non-hydrogen) atoms. The highest BCUT2D eigenvalue weighted by molar-refractivity contribution is 5.93. The normalized spacial score (nSPS) is 18.0. The second kappa shape index (κ2) is 7.00. The van der Waals surface area contributed by atoms with E-state index in [1.54, 1.807) is 6.07 Å². The number of nitrogens with zero attached hydrogens (tertiary/aromatic N) is 1. The summed E-state index contributed by atoms with van der Waals surface area (Å²) >= 11 is 0. The van der Waals surface area contributed by atoms with Gasteiger partial charge >= 0.3 is 0 Å². The molecule has 8 heteroatoms. The van der Waals surface area contributed by atoms with Crippen molar-refractivity contribution in [2.75, 3.05) is 32.2 Å². The first-order valence-electron chi connectivity index (χ1n) is 6.53. The van der Waals surface area contributed by atoms with E-state index >= 15 is 0 Å². The summed E-state index contributed by atoms with van der Waals surface area (Å²) in [5.41, 5.74) is -0.0434. The molecule has 2 N–H and O–H groups in total. The van der Waals surface area contributed by atoms with Crippen molar-refractivity contribution in [1.82, 2.24) is 5.32 Å². The Kier molecular flexibility index (Phi) is 5.07. The molecule has 1 saturated heterocycles. The molecule has 1 aromatic rings. The SMILES string of the molecule is COc1ccc(NC(=O)CC2COCCN2)c([N+](=O)[O-])c1. The zero-order valence-electron chi connectivity index (χ0n) is 11.6. The largest absolute Gasteiger partial charge is 0.496 e. The van der Waals surface area contributed by atoms with Crippen molar-refractivity contribution in [2.24, 2.45) is 0 Å². The summed E-state index contributed by atoms with van der Waals surface area (Å²) in [6.07, 6.45) is 0.198. The molecule has 1 heterocycles. The molecule has 8 nitrogen and oxygen atoms in total. The summed E-state index contributed by atoms with van der Waals surface area (Å²) in [4.78, 5) is 22.4. The third kappa shape index (κ3) is 4.14. The lowest BCUT2D eigenvalue weighted by molar-refractivity contribution is -0.384. The fourth-order valence-electron chi connectivity index (χ4n) is 2.07. The number of methoxy groups -OCH3 is 1. The van der Waals surface area contributed by atoms with Crippen LogP contribution in [0.25, 0.3) is 0 Å². The van der Waals surface area contributed by atoms with Gasteiger partial charge in [-0.25, -0.2) is 0 Å². The van der Waals surface area contributed by atoms with Crippen LogP contribution >= 0.6 is 0 Å². The third-order valence-electron chi connectivity index (χ3n) is 3.11. The Hall–Kier alpha value is -2.19. The number of carbonyl (C=O) groups excluding carboxylic acids is 1. The van der Waals surface area contributed by atoms with Crippen molar-refractivity contribution < 1.29 is 19.2 Å². The van der Waals surface area contributed by atoms with Crippen LogP contribution < -0.4 is 15.4 Å². The summed E-state index contributed by atoms with van der Waals surface area (Å²) in [7, 11) is 1.42. The maximum atomic E-state index is 11.9. The van der Waals surface area contributed by atoms with Crippen LogP contribution in [0, 0.1) is 10.1 Å². The lowest BCUT2D eigenvalue weighted by Gasteiger charge is -2.23. The quantitative estimate of drug-likeness (QED) is 0.618. The maximum absolute atomic E-state index is 11.9. The molecule has 1 unspecified atom stereocenters. The first-order valence-corrected chi connectivity index (χ1v) is 6.53. The molecule has 0 bridgehead atoms. The monoisotopic (exact) mass is 295 g/mol. The molecule has 1 amide bonds. The van der Waals surface area contributed by atoms with Gasteiger partial charge in [0.15, 0.2) is 0 Å². The van der Waals surface area contributed by atoms with Crippen molar-refractivity contribution in [3.8, 4) is 5.75 Å². The Labute approximate surface area is 121 Å². The van der Waals surface area contributed by atoms with E-state index in [9.17, 15) is 14.9 Å². The Balaban J connectivity index is 2.04. The van der Waals surface area contributed by atoms with E-state index < -0.39 is 4.92 Å². The molecule has 0 spiro atoms. The van der Waals surface area contributed by atoms with E-state index in [0.29, 0.717) is 25.5 Å². The number of nitro groups is 1. The predicted octanol–water partition coefficient (Wildman–Crippen LogP) is 0.920. The van der Waals surface area contributed by atoms with E-state index in [0.717, 1.165) is 0 Å². The second-order valence-corrected chi connectivity index (χ2v) is 4.62. The molecule has 1 fully saturated rings. The van der Waals surface area contributed by atoms with E-state index in [-0.39, 0.29) is 29.7 Å². The number of ether oxygens (including phenoxy) is 2. The van der Waals surface area contributed by atoms with Crippen molar-refractivity contribution >= 4 is 17.3 Å². The highest BCUT2D eigenvalue weighted by atomic mass is 16.6. The van der Waals surface area contributed by atoms with E-state index in [2.05, 4.69) is 10.6 Å². The van der Waals surface area contributed by atoms with Gasteiger partial charge in [0, 0.05) is 19.0 Å². The first-order chi connectivity index (χ1) is 10.1. The Morgan fingerprint density at radius 3 is 3.05 bits per heavy atom. The van der Waals surface area contributed by atoms with Gasteiger partial charge in [-0.3, -0.25) is 14.9 Å². The maximum Gasteiger partial charge on any atom is 0.296 e. The lowest BCUT2D eigenvalue weighted by atomic mass is 10.2. The van der Waals surface area contributed by atoms with Crippen molar-refractivity contribution in [3.63, 3.8) is 0 Å². The zero-order valence-corrected chi connectivity index (χ0v) is 11.6. The van der Waals surface area contributed by atoms with Crippen molar-refractivity contribution in [3.05, 3.63) is 28.3 Å². The number of amides is 1. The van der Waals surface area contributed by atoms with Gasteiger partial charge in [-0.1, -0.05) is 0 Å². The number of morpholine rings is 1. The van der Waals surface area contributed by atoms with Gasteiger partial charge in [0.1, 0.15) is 11.4 Å². The number of rotatable bonds is 5. The van der Waals surface area contributed by atoms with Gasteiger partial charge in [-0.2, -0.15) is 0 Å². The molecule has 0 saturated carbocycles. The second-order valence-electron chi connectivity index (χ2n) is 4.62. The minimum atomic E-state index is -0.555. The highest BCUT2D eigenvalue weighted by Gasteiger charge is 2.20. The molecule has 0 aromatic heterocycles. The lowest BCUT2D eigenvalue weighted by Crippen LogP contribution is -2.43. The van der Waals surface area contributed by atoms with Crippen LogP contribution in [0.4, 0.5) is 11.4 Å². The van der Waals surface area contributed by atoms with Crippen LogP contribution in [0.15, 0.2) is 18.2 Å². The Bertz CT molecular complexity index is 529. The van der Waals surface area contributed by atoms with E-state index in [4.69, 9.17) is 9.47 Å². The molecule has 2 rings (SSSR count).